The minimum Gasteiger partial charge on any atom is -0.348 e. The van der Waals surface area contributed by atoms with E-state index in [4.69, 9.17) is 0 Å². The Kier molecular flexibility index (Phi) is 4.12. The molecule has 3 rings (SSSR count). The van der Waals surface area contributed by atoms with Crippen molar-refractivity contribution >= 4 is 17.2 Å². The Morgan fingerprint density at radius 1 is 0.905 bits per heavy atom. The predicted molar refractivity (Wildman–Crippen MR) is 87.4 cm³/mol. The molecular formula is C18H15NOS. The number of hydrogen-bond donors (Lipinski definition) is 1. The number of carbonyl (C=O) groups is 1. The van der Waals surface area contributed by atoms with Crippen molar-refractivity contribution in [2.45, 2.75) is 6.54 Å². The molecule has 0 fully saturated rings. The van der Waals surface area contributed by atoms with E-state index in [1.54, 1.807) is 11.3 Å². The summed E-state index contributed by atoms with van der Waals surface area (Å²) >= 11 is 1.70. The van der Waals surface area contributed by atoms with Crippen LogP contribution in [0.25, 0.3) is 10.4 Å². The van der Waals surface area contributed by atoms with Gasteiger partial charge in [-0.15, -0.1) is 11.3 Å². The van der Waals surface area contributed by atoms with E-state index in [0.717, 1.165) is 11.1 Å². The molecule has 104 valence electrons. The van der Waals surface area contributed by atoms with Gasteiger partial charge in [0.05, 0.1) is 0 Å². The molecule has 21 heavy (non-hydrogen) atoms. The first-order chi connectivity index (χ1) is 10.3. The fourth-order valence-corrected chi connectivity index (χ4v) is 2.84. The maximum Gasteiger partial charge on any atom is 0.251 e. The summed E-state index contributed by atoms with van der Waals surface area (Å²) in [5, 5.41) is 4.98. The van der Waals surface area contributed by atoms with Crippen LogP contribution in [0.3, 0.4) is 0 Å². The van der Waals surface area contributed by atoms with Gasteiger partial charge in [0, 0.05) is 17.0 Å². The van der Waals surface area contributed by atoms with E-state index in [2.05, 4.69) is 16.8 Å². The van der Waals surface area contributed by atoms with Crippen molar-refractivity contribution in [3.05, 3.63) is 83.2 Å². The van der Waals surface area contributed by atoms with Crippen molar-refractivity contribution in [2.75, 3.05) is 0 Å². The topological polar surface area (TPSA) is 29.1 Å². The van der Waals surface area contributed by atoms with Gasteiger partial charge in [-0.2, -0.15) is 0 Å². The number of carbonyl (C=O) groups excluding carboxylic acids is 1. The highest BCUT2D eigenvalue weighted by molar-refractivity contribution is 7.13. The fraction of sp³-hybridized carbons (Fsp3) is 0.0556. The average molecular weight is 293 g/mol. The van der Waals surface area contributed by atoms with Crippen LogP contribution in [-0.2, 0) is 6.54 Å². The molecule has 0 atom stereocenters. The molecular weight excluding hydrogens is 278 g/mol. The molecule has 0 unspecified atom stereocenters. The van der Waals surface area contributed by atoms with Crippen molar-refractivity contribution in [3.8, 4) is 10.4 Å². The van der Waals surface area contributed by atoms with Crippen LogP contribution in [0, 0.1) is 0 Å². The van der Waals surface area contributed by atoms with Crippen LogP contribution in [0.15, 0.2) is 72.1 Å². The molecule has 3 heteroatoms. The average Bonchev–Trinajstić information content (AvgIpc) is 3.08. The molecule has 0 aliphatic rings. The lowest BCUT2D eigenvalue weighted by Gasteiger charge is -2.06. The SMILES string of the molecule is O=C(NCc1ccccc1)c1ccc(-c2cccs2)cc1. The molecule has 0 saturated heterocycles. The van der Waals surface area contributed by atoms with Crippen molar-refractivity contribution in [3.63, 3.8) is 0 Å². The van der Waals surface area contributed by atoms with E-state index in [0.29, 0.717) is 12.1 Å². The van der Waals surface area contributed by atoms with Crippen LogP contribution >= 0.6 is 11.3 Å². The highest BCUT2D eigenvalue weighted by Gasteiger charge is 2.06. The largest absolute Gasteiger partial charge is 0.348 e. The van der Waals surface area contributed by atoms with Crippen LogP contribution in [0.4, 0.5) is 0 Å². The standard InChI is InChI=1S/C18H15NOS/c20-18(19-13-14-5-2-1-3-6-14)16-10-8-15(9-11-16)17-7-4-12-21-17/h1-12H,13H2,(H,19,20). The number of benzene rings is 2. The molecule has 0 spiro atoms. The summed E-state index contributed by atoms with van der Waals surface area (Å²) in [5.74, 6) is -0.0448. The number of nitrogens with one attached hydrogen (secondary N) is 1. The smallest absolute Gasteiger partial charge is 0.251 e. The third kappa shape index (κ3) is 3.38. The molecule has 0 bridgehead atoms. The molecule has 2 nitrogen and oxygen atoms in total. The van der Waals surface area contributed by atoms with E-state index in [1.165, 1.54) is 4.88 Å². The maximum absolute atomic E-state index is 12.1. The van der Waals surface area contributed by atoms with Gasteiger partial charge >= 0.3 is 0 Å². The zero-order valence-electron chi connectivity index (χ0n) is 11.5. The summed E-state index contributed by atoms with van der Waals surface area (Å²) < 4.78 is 0. The molecule has 0 aliphatic carbocycles. The normalized spacial score (nSPS) is 10.3. The Labute approximate surface area is 128 Å². The van der Waals surface area contributed by atoms with Gasteiger partial charge in [-0.05, 0) is 34.7 Å². The van der Waals surface area contributed by atoms with Gasteiger partial charge in [0.15, 0.2) is 0 Å². The Morgan fingerprint density at radius 2 is 1.67 bits per heavy atom. The van der Waals surface area contributed by atoms with E-state index in [1.807, 2.05) is 60.7 Å². The minimum atomic E-state index is -0.0448. The first-order valence-electron chi connectivity index (χ1n) is 6.79. The van der Waals surface area contributed by atoms with Gasteiger partial charge in [-0.3, -0.25) is 4.79 Å². The summed E-state index contributed by atoms with van der Waals surface area (Å²) in [6.45, 7) is 0.548. The second-order valence-electron chi connectivity index (χ2n) is 4.72. The zero-order chi connectivity index (χ0) is 14.5. The summed E-state index contributed by atoms with van der Waals surface area (Å²) in [7, 11) is 0. The highest BCUT2D eigenvalue weighted by atomic mass is 32.1. The van der Waals surface area contributed by atoms with Gasteiger partial charge in [-0.25, -0.2) is 0 Å². The molecule has 3 aromatic rings. The van der Waals surface area contributed by atoms with E-state index >= 15 is 0 Å². The molecule has 2 aromatic carbocycles. The van der Waals surface area contributed by atoms with Crippen LogP contribution in [0.2, 0.25) is 0 Å². The molecule has 1 aromatic heterocycles. The van der Waals surface area contributed by atoms with Crippen molar-refractivity contribution in [1.82, 2.24) is 5.32 Å². The number of thiophene rings is 1. The zero-order valence-corrected chi connectivity index (χ0v) is 12.3. The van der Waals surface area contributed by atoms with Crippen LogP contribution in [-0.4, -0.2) is 5.91 Å². The maximum atomic E-state index is 12.1. The molecule has 0 aliphatic heterocycles. The van der Waals surface area contributed by atoms with Crippen molar-refractivity contribution in [2.24, 2.45) is 0 Å². The third-order valence-electron chi connectivity index (χ3n) is 3.25. The fourth-order valence-electron chi connectivity index (χ4n) is 2.11. The second kappa shape index (κ2) is 6.37. The van der Waals surface area contributed by atoms with Crippen LogP contribution in [0.5, 0.6) is 0 Å². The second-order valence-corrected chi connectivity index (χ2v) is 5.67. The van der Waals surface area contributed by atoms with Gasteiger partial charge in [0.2, 0.25) is 0 Å². The summed E-state index contributed by atoms with van der Waals surface area (Å²) in [6.07, 6.45) is 0. The summed E-state index contributed by atoms with van der Waals surface area (Å²) in [5.41, 5.74) is 2.93. The molecule has 1 N–H and O–H groups in total. The van der Waals surface area contributed by atoms with Crippen molar-refractivity contribution in [1.29, 1.82) is 0 Å². The highest BCUT2D eigenvalue weighted by Crippen LogP contribution is 2.24. The summed E-state index contributed by atoms with van der Waals surface area (Å²) in [4.78, 5) is 13.3. The summed E-state index contributed by atoms with van der Waals surface area (Å²) in [6, 6.07) is 21.7. The van der Waals surface area contributed by atoms with Gasteiger partial charge < -0.3 is 5.32 Å². The van der Waals surface area contributed by atoms with Crippen LogP contribution in [0.1, 0.15) is 15.9 Å². The lowest BCUT2D eigenvalue weighted by molar-refractivity contribution is 0.0951. The third-order valence-corrected chi connectivity index (χ3v) is 4.17. The van der Waals surface area contributed by atoms with Crippen LogP contribution < -0.4 is 5.32 Å². The first-order valence-corrected chi connectivity index (χ1v) is 7.67. The lowest BCUT2D eigenvalue weighted by atomic mass is 10.1. The Hall–Kier alpha value is -2.39. The lowest BCUT2D eigenvalue weighted by Crippen LogP contribution is -2.22. The number of rotatable bonds is 4. The Morgan fingerprint density at radius 3 is 2.33 bits per heavy atom. The monoisotopic (exact) mass is 293 g/mol. The predicted octanol–water partition coefficient (Wildman–Crippen LogP) is 4.35. The van der Waals surface area contributed by atoms with Gasteiger partial charge in [-0.1, -0.05) is 48.5 Å². The minimum absolute atomic E-state index is 0.0448. The van der Waals surface area contributed by atoms with E-state index < -0.39 is 0 Å². The molecule has 1 heterocycles. The molecule has 1 amide bonds. The number of hydrogen-bond acceptors (Lipinski definition) is 2. The van der Waals surface area contributed by atoms with E-state index in [-0.39, 0.29) is 5.91 Å². The van der Waals surface area contributed by atoms with Crippen molar-refractivity contribution < 1.29 is 4.79 Å². The van der Waals surface area contributed by atoms with Gasteiger partial charge in [0.25, 0.3) is 5.91 Å². The number of amides is 1. The molecule has 0 radical (unpaired) electrons. The first kappa shape index (κ1) is 13.6. The quantitative estimate of drug-likeness (QED) is 0.761. The Bertz CT molecular complexity index is 703. The molecule has 0 saturated carbocycles. The van der Waals surface area contributed by atoms with Gasteiger partial charge in [0.1, 0.15) is 0 Å². The Balaban J connectivity index is 1.65. The van der Waals surface area contributed by atoms with E-state index in [9.17, 15) is 4.79 Å².